The van der Waals surface area contributed by atoms with Crippen molar-refractivity contribution in [1.82, 2.24) is 0 Å². The maximum absolute atomic E-state index is 11.0. The van der Waals surface area contributed by atoms with Gasteiger partial charge in [-0.1, -0.05) is 57.5 Å². The topological polar surface area (TPSA) is 49.7 Å². The molecule has 0 amide bonds. The first-order valence-electron chi connectivity index (χ1n) is 7.99. The molecule has 126 valence electrons. The highest BCUT2D eigenvalue weighted by molar-refractivity contribution is 6.31. The number of aliphatic imine (C=N–C) groups is 1. The van der Waals surface area contributed by atoms with Crippen molar-refractivity contribution in [2.24, 2.45) is 4.99 Å². The van der Waals surface area contributed by atoms with Crippen LogP contribution < -0.4 is 0 Å². The highest BCUT2D eigenvalue weighted by Gasteiger charge is 2.13. The van der Waals surface area contributed by atoms with Crippen LogP contribution in [0.5, 0.6) is 5.75 Å². The number of phenolic OH excluding ortho intramolecular Hbond substituents is 1. The van der Waals surface area contributed by atoms with Crippen molar-refractivity contribution in [3.63, 3.8) is 0 Å². The Labute approximate surface area is 148 Å². The SMILES string of the molecule is CC(C)c1cccc(C(C)C)c1N=Cc1cc(Cl)cc(C=O)c1O. The Bertz CT molecular complexity index is 753. The first-order valence-corrected chi connectivity index (χ1v) is 8.37. The zero-order valence-electron chi connectivity index (χ0n) is 14.4. The van der Waals surface area contributed by atoms with Gasteiger partial charge in [0.15, 0.2) is 6.29 Å². The fraction of sp³-hybridized carbons (Fsp3) is 0.300. The lowest BCUT2D eigenvalue weighted by Crippen LogP contribution is -1.96. The zero-order chi connectivity index (χ0) is 17.9. The molecule has 0 spiro atoms. The molecule has 1 N–H and O–H groups in total. The minimum atomic E-state index is -0.105. The third kappa shape index (κ3) is 3.85. The van der Waals surface area contributed by atoms with E-state index >= 15 is 0 Å². The molecular weight excluding hydrogens is 322 g/mol. The van der Waals surface area contributed by atoms with Gasteiger partial charge in [0.2, 0.25) is 0 Å². The summed E-state index contributed by atoms with van der Waals surface area (Å²) in [7, 11) is 0. The fourth-order valence-corrected chi connectivity index (χ4v) is 2.86. The summed E-state index contributed by atoms with van der Waals surface area (Å²) in [6, 6.07) is 9.21. The highest BCUT2D eigenvalue weighted by Crippen LogP contribution is 2.35. The normalized spacial score (nSPS) is 11.6. The first-order chi connectivity index (χ1) is 11.3. The van der Waals surface area contributed by atoms with Crippen molar-refractivity contribution in [1.29, 1.82) is 0 Å². The van der Waals surface area contributed by atoms with Crippen LogP contribution in [0.25, 0.3) is 0 Å². The Morgan fingerprint density at radius 2 is 1.58 bits per heavy atom. The van der Waals surface area contributed by atoms with Gasteiger partial charge >= 0.3 is 0 Å². The van der Waals surface area contributed by atoms with Crippen LogP contribution in [0, 0.1) is 0 Å². The lowest BCUT2D eigenvalue weighted by atomic mass is 9.93. The molecular formula is C20H22ClNO2. The number of aldehydes is 1. The van der Waals surface area contributed by atoms with Crippen molar-refractivity contribution in [2.75, 3.05) is 0 Å². The largest absolute Gasteiger partial charge is 0.507 e. The minimum absolute atomic E-state index is 0.105. The van der Waals surface area contributed by atoms with Crippen LogP contribution >= 0.6 is 11.6 Å². The number of carbonyl (C=O) groups is 1. The van der Waals surface area contributed by atoms with E-state index in [2.05, 4.69) is 44.8 Å². The number of aromatic hydroxyl groups is 1. The van der Waals surface area contributed by atoms with E-state index in [1.165, 1.54) is 6.07 Å². The Hall–Kier alpha value is -2.13. The third-order valence-electron chi connectivity index (χ3n) is 3.94. The van der Waals surface area contributed by atoms with E-state index < -0.39 is 0 Å². The van der Waals surface area contributed by atoms with Gasteiger partial charge in [0.05, 0.1) is 11.3 Å². The van der Waals surface area contributed by atoms with E-state index in [-0.39, 0.29) is 11.3 Å². The van der Waals surface area contributed by atoms with Gasteiger partial charge < -0.3 is 5.11 Å². The first kappa shape index (κ1) is 18.2. The number of halogens is 1. The number of hydrogen-bond acceptors (Lipinski definition) is 3. The number of phenols is 1. The molecule has 2 rings (SSSR count). The molecule has 0 unspecified atom stereocenters. The van der Waals surface area contributed by atoms with Crippen LogP contribution in [0.2, 0.25) is 5.02 Å². The Morgan fingerprint density at radius 3 is 2.08 bits per heavy atom. The molecule has 0 aromatic heterocycles. The maximum Gasteiger partial charge on any atom is 0.153 e. The van der Waals surface area contributed by atoms with Gasteiger partial charge in [-0.2, -0.15) is 0 Å². The smallest absolute Gasteiger partial charge is 0.153 e. The lowest BCUT2D eigenvalue weighted by molar-refractivity contribution is 0.112. The predicted octanol–water partition coefficient (Wildman–Crippen LogP) is 5.86. The molecule has 0 aliphatic carbocycles. The van der Waals surface area contributed by atoms with Crippen LogP contribution in [0.3, 0.4) is 0 Å². The fourth-order valence-electron chi connectivity index (χ4n) is 2.63. The molecule has 0 aliphatic heterocycles. The Morgan fingerprint density at radius 1 is 1.04 bits per heavy atom. The molecule has 0 radical (unpaired) electrons. The number of rotatable bonds is 5. The summed E-state index contributed by atoms with van der Waals surface area (Å²) in [5.41, 5.74) is 3.79. The van der Waals surface area contributed by atoms with E-state index in [9.17, 15) is 9.90 Å². The van der Waals surface area contributed by atoms with Crippen molar-refractivity contribution in [3.8, 4) is 5.75 Å². The number of hydrogen-bond donors (Lipinski definition) is 1. The second-order valence-corrected chi connectivity index (χ2v) is 6.84. The second-order valence-electron chi connectivity index (χ2n) is 6.40. The Balaban J connectivity index is 2.57. The molecule has 0 atom stereocenters. The van der Waals surface area contributed by atoms with E-state index in [4.69, 9.17) is 11.6 Å². The quantitative estimate of drug-likeness (QED) is 0.546. The van der Waals surface area contributed by atoms with Crippen LogP contribution in [0.4, 0.5) is 5.69 Å². The summed E-state index contributed by atoms with van der Waals surface area (Å²) >= 11 is 6.01. The molecule has 0 fully saturated rings. The molecule has 0 saturated heterocycles. The highest BCUT2D eigenvalue weighted by atomic mass is 35.5. The average Bonchev–Trinajstić information content (AvgIpc) is 2.54. The summed E-state index contributed by atoms with van der Waals surface area (Å²) in [5.74, 6) is 0.551. The average molecular weight is 344 g/mol. The van der Waals surface area contributed by atoms with E-state index in [1.54, 1.807) is 12.3 Å². The van der Waals surface area contributed by atoms with Crippen LogP contribution in [-0.4, -0.2) is 17.6 Å². The van der Waals surface area contributed by atoms with Crippen molar-refractivity contribution in [2.45, 2.75) is 39.5 Å². The third-order valence-corrected chi connectivity index (χ3v) is 4.15. The number of carbonyl (C=O) groups excluding carboxylic acids is 1. The van der Waals surface area contributed by atoms with Crippen LogP contribution in [0.1, 0.15) is 66.6 Å². The minimum Gasteiger partial charge on any atom is -0.507 e. The summed E-state index contributed by atoms with van der Waals surface area (Å²) in [4.78, 5) is 15.7. The summed E-state index contributed by atoms with van der Waals surface area (Å²) in [6.07, 6.45) is 2.15. The standard InChI is InChI=1S/C20H22ClNO2/c1-12(2)17-6-5-7-18(13(3)4)19(17)22-10-14-8-16(21)9-15(11-23)20(14)24/h5-13,24H,1-4H3. The van der Waals surface area contributed by atoms with Crippen molar-refractivity contribution >= 4 is 29.8 Å². The van der Waals surface area contributed by atoms with Gasteiger partial charge in [0.25, 0.3) is 0 Å². The van der Waals surface area contributed by atoms with Gasteiger partial charge in [-0.15, -0.1) is 0 Å². The van der Waals surface area contributed by atoms with Gasteiger partial charge in [0.1, 0.15) is 5.75 Å². The molecule has 2 aromatic carbocycles. The molecule has 3 nitrogen and oxygen atoms in total. The molecule has 2 aromatic rings. The molecule has 0 aliphatic rings. The van der Waals surface area contributed by atoms with Crippen molar-refractivity contribution < 1.29 is 9.90 Å². The van der Waals surface area contributed by atoms with E-state index in [0.717, 1.165) is 16.8 Å². The number of nitrogens with zero attached hydrogens (tertiary/aromatic N) is 1. The molecule has 0 saturated carbocycles. The van der Waals surface area contributed by atoms with Crippen LogP contribution in [-0.2, 0) is 0 Å². The zero-order valence-corrected chi connectivity index (χ0v) is 15.1. The van der Waals surface area contributed by atoms with Gasteiger partial charge in [-0.3, -0.25) is 9.79 Å². The van der Waals surface area contributed by atoms with E-state index in [0.29, 0.717) is 28.7 Å². The predicted molar refractivity (Wildman–Crippen MR) is 100 cm³/mol. The monoisotopic (exact) mass is 343 g/mol. The van der Waals surface area contributed by atoms with Crippen LogP contribution in [0.15, 0.2) is 35.3 Å². The van der Waals surface area contributed by atoms with E-state index in [1.807, 2.05) is 6.07 Å². The van der Waals surface area contributed by atoms with Gasteiger partial charge in [-0.05, 0) is 35.1 Å². The summed E-state index contributed by atoms with van der Waals surface area (Å²) < 4.78 is 0. The summed E-state index contributed by atoms with van der Waals surface area (Å²) in [6.45, 7) is 8.50. The number of benzene rings is 2. The molecule has 0 bridgehead atoms. The second kappa shape index (κ2) is 7.63. The number of para-hydroxylation sites is 1. The van der Waals surface area contributed by atoms with Crippen molar-refractivity contribution in [3.05, 3.63) is 57.6 Å². The molecule has 24 heavy (non-hydrogen) atoms. The summed E-state index contributed by atoms with van der Waals surface area (Å²) in [5, 5.41) is 10.6. The van der Waals surface area contributed by atoms with Gasteiger partial charge in [0, 0.05) is 16.8 Å². The Kier molecular flexibility index (Phi) is 5.79. The lowest BCUT2D eigenvalue weighted by Gasteiger charge is -2.16. The molecule has 0 heterocycles. The maximum atomic E-state index is 11.0. The van der Waals surface area contributed by atoms with Gasteiger partial charge in [-0.25, -0.2) is 0 Å². The molecule has 4 heteroatoms.